The van der Waals surface area contributed by atoms with Crippen LogP contribution in [0.15, 0.2) is 42.5 Å². The van der Waals surface area contributed by atoms with E-state index in [0.717, 1.165) is 11.1 Å². The number of aliphatic hydroxyl groups excluding tert-OH is 1. The second-order valence-corrected chi connectivity index (χ2v) is 8.50. The Labute approximate surface area is 186 Å². The highest BCUT2D eigenvalue weighted by molar-refractivity contribution is 6.31. The van der Waals surface area contributed by atoms with Gasteiger partial charge in [0, 0.05) is 29.7 Å². The largest absolute Gasteiger partial charge is 0.378 e. The molecule has 0 aromatic heterocycles. The Kier molecular flexibility index (Phi) is 7.03. The van der Waals surface area contributed by atoms with Gasteiger partial charge in [-0.2, -0.15) is 0 Å². The van der Waals surface area contributed by atoms with Gasteiger partial charge in [-0.15, -0.1) is 0 Å². The van der Waals surface area contributed by atoms with Crippen molar-refractivity contribution in [2.75, 3.05) is 6.54 Å². The zero-order chi connectivity index (χ0) is 21.9. The van der Waals surface area contributed by atoms with Crippen LogP contribution < -0.4 is 11.1 Å². The Bertz CT molecular complexity index is 953. The van der Waals surface area contributed by atoms with Crippen molar-refractivity contribution in [2.24, 2.45) is 5.73 Å². The topological polar surface area (TPSA) is 95.7 Å². The molecule has 0 spiro atoms. The van der Waals surface area contributed by atoms with E-state index >= 15 is 0 Å². The minimum atomic E-state index is -1.38. The lowest BCUT2D eigenvalue weighted by atomic mass is 9.96. The molecule has 1 aliphatic rings. The van der Waals surface area contributed by atoms with Gasteiger partial charge in [0.15, 0.2) is 6.10 Å². The third kappa shape index (κ3) is 4.62. The lowest BCUT2D eigenvalue weighted by molar-refractivity contribution is -0.150. The first-order valence-corrected chi connectivity index (χ1v) is 10.5. The van der Waals surface area contributed by atoms with Crippen LogP contribution in [0.5, 0.6) is 0 Å². The standard InChI is InChI=1S/C22H25Cl2N3O3/c1-22(21(30)26-13-16-11-18(24)7-6-15(16)12-25)8-3-9-27(22)20(29)19(28)14-4-2-5-17(23)10-14/h2,4-7,10-11,19,28H,3,8-9,12-13,25H2,1H3,(H,26,30)/t19-,22+/m1/s1. The molecule has 1 aliphatic heterocycles. The summed E-state index contributed by atoms with van der Waals surface area (Å²) in [5.41, 5.74) is 6.83. The SMILES string of the molecule is C[C@@]1(C(=O)NCc2cc(Cl)ccc2CN)CCCN1C(=O)[C@H](O)c1cccc(Cl)c1. The van der Waals surface area contributed by atoms with Crippen LogP contribution in [-0.4, -0.2) is 33.9 Å². The number of carbonyl (C=O) groups excluding carboxylic acids is 2. The van der Waals surface area contributed by atoms with E-state index in [9.17, 15) is 14.7 Å². The van der Waals surface area contributed by atoms with Crippen LogP contribution in [0, 0.1) is 0 Å². The van der Waals surface area contributed by atoms with Crippen molar-refractivity contribution in [3.05, 3.63) is 69.2 Å². The Morgan fingerprint density at radius 1 is 1.20 bits per heavy atom. The zero-order valence-electron chi connectivity index (χ0n) is 16.7. The predicted molar refractivity (Wildman–Crippen MR) is 117 cm³/mol. The second-order valence-electron chi connectivity index (χ2n) is 7.62. The van der Waals surface area contributed by atoms with Gasteiger partial charge in [-0.25, -0.2) is 0 Å². The van der Waals surface area contributed by atoms with Gasteiger partial charge in [0.25, 0.3) is 5.91 Å². The number of halogens is 2. The molecular formula is C22H25Cl2N3O3. The summed E-state index contributed by atoms with van der Waals surface area (Å²) in [5, 5.41) is 14.5. The third-order valence-corrected chi connectivity index (χ3v) is 6.09. The molecule has 0 unspecified atom stereocenters. The monoisotopic (exact) mass is 449 g/mol. The Morgan fingerprint density at radius 2 is 1.93 bits per heavy atom. The van der Waals surface area contributed by atoms with Crippen LogP contribution in [0.25, 0.3) is 0 Å². The molecule has 4 N–H and O–H groups in total. The quantitative estimate of drug-likeness (QED) is 0.630. The van der Waals surface area contributed by atoms with E-state index in [4.69, 9.17) is 28.9 Å². The van der Waals surface area contributed by atoms with Crippen LogP contribution in [0.4, 0.5) is 0 Å². The highest BCUT2D eigenvalue weighted by atomic mass is 35.5. The Hall–Kier alpha value is -2.12. The van der Waals surface area contributed by atoms with Crippen molar-refractivity contribution < 1.29 is 14.7 Å². The summed E-state index contributed by atoms with van der Waals surface area (Å²) in [5.74, 6) is -0.799. The van der Waals surface area contributed by atoms with E-state index in [1.165, 1.54) is 4.90 Å². The van der Waals surface area contributed by atoms with Gasteiger partial charge in [-0.05, 0) is 60.7 Å². The molecule has 6 nitrogen and oxygen atoms in total. The molecule has 30 heavy (non-hydrogen) atoms. The van der Waals surface area contributed by atoms with Gasteiger partial charge in [0.05, 0.1) is 0 Å². The smallest absolute Gasteiger partial charge is 0.256 e. The molecule has 2 aromatic carbocycles. The van der Waals surface area contributed by atoms with Crippen LogP contribution in [-0.2, 0) is 22.7 Å². The third-order valence-electron chi connectivity index (χ3n) is 5.62. The first kappa shape index (κ1) is 22.6. The maximum Gasteiger partial charge on any atom is 0.256 e. The van der Waals surface area contributed by atoms with Crippen LogP contribution in [0.1, 0.15) is 42.6 Å². The normalized spacial score (nSPS) is 19.6. The number of likely N-dealkylation sites (tertiary alicyclic amines) is 1. The van der Waals surface area contributed by atoms with E-state index in [-0.39, 0.29) is 12.5 Å². The molecule has 2 aromatic rings. The second kappa shape index (κ2) is 9.35. The van der Waals surface area contributed by atoms with Crippen molar-refractivity contribution >= 4 is 35.0 Å². The number of hydrogen-bond acceptors (Lipinski definition) is 4. The molecule has 0 bridgehead atoms. The lowest BCUT2D eigenvalue weighted by Gasteiger charge is -2.35. The molecule has 8 heteroatoms. The number of rotatable bonds is 6. The van der Waals surface area contributed by atoms with Crippen molar-refractivity contribution in [1.29, 1.82) is 0 Å². The molecule has 0 aliphatic carbocycles. The molecule has 2 amide bonds. The zero-order valence-corrected chi connectivity index (χ0v) is 18.2. The molecule has 2 atom stereocenters. The van der Waals surface area contributed by atoms with Crippen molar-refractivity contribution in [3.8, 4) is 0 Å². The van der Waals surface area contributed by atoms with E-state index in [1.807, 2.05) is 6.07 Å². The van der Waals surface area contributed by atoms with Crippen molar-refractivity contribution in [1.82, 2.24) is 10.2 Å². The predicted octanol–water partition coefficient (Wildman–Crippen LogP) is 3.18. The van der Waals surface area contributed by atoms with E-state index in [2.05, 4.69) is 5.32 Å². The van der Waals surface area contributed by atoms with Crippen molar-refractivity contribution in [3.63, 3.8) is 0 Å². The summed E-state index contributed by atoms with van der Waals surface area (Å²) in [6.45, 7) is 2.70. The Morgan fingerprint density at radius 3 is 2.63 bits per heavy atom. The maximum atomic E-state index is 13.1. The van der Waals surface area contributed by atoms with Crippen LogP contribution >= 0.6 is 23.2 Å². The fourth-order valence-electron chi connectivity index (χ4n) is 3.84. The average molecular weight is 450 g/mol. The van der Waals surface area contributed by atoms with Gasteiger partial charge < -0.3 is 21.1 Å². The van der Waals surface area contributed by atoms with Gasteiger partial charge in [-0.3, -0.25) is 9.59 Å². The van der Waals surface area contributed by atoms with E-state index < -0.39 is 17.6 Å². The van der Waals surface area contributed by atoms with E-state index in [0.29, 0.717) is 41.5 Å². The summed E-state index contributed by atoms with van der Waals surface area (Å²) in [7, 11) is 0. The number of aliphatic hydroxyl groups is 1. The summed E-state index contributed by atoms with van der Waals surface area (Å²) in [4.78, 5) is 27.6. The molecule has 1 fully saturated rings. The fraction of sp³-hybridized carbons (Fsp3) is 0.364. The van der Waals surface area contributed by atoms with Gasteiger partial charge in [0.1, 0.15) is 5.54 Å². The summed E-state index contributed by atoms with van der Waals surface area (Å²) in [6.07, 6.45) is -0.208. The number of nitrogens with two attached hydrogens (primary N) is 1. The number of amides is 2. The summed E-state index contributed by atoms with van der Waals surface area (Å²) in [6, 6.07) is 11.9. The first-order chi connectivity index (χ1) is 14.3. The fourth-order valence-corrected chi connectivity index (χ4v) is 4.24. The number of carbonyl (C=O) groups is 2. The minimum Gasteiger partial charge on any atom is -0.378 e. The minimum absolute atomic E-state index is 0.250. The molecular weight excluding hydrogens is 425 g/mol. The lowest BCUT2D eigenvalue weighted by Crippen LogP contribution is -2.56. The molecule has 3 rings (SSSR count). The average Bonchev–Trinajstić information content (AvgIpc) is 3.13. The molecule has 1 saturated heterocycles. The molecule has 160 valence electrons. The molecule has 0 radical (unpaired) electrons. The highest BCUT2D eigenvalue weighted by Crippen LogP contribution is 2.33. The number of nitrogens with zero attached hydrogens (tertiary/aromatic N) is 1. The van der Waals surface area contributed by atoms with Crippen LogP contribution in [0.3, 0.4) is 0 Å². The number of nitrogens with one attached hydrogen (secondary N) is 1. The first-order valence-electron chi connectivity index (χ1n) is 9.77. The highest BCUT2D eigenvalue weighted by Gasteiger charge is 2.47. The van der Waals surface area contributed by atoms with Gasteiger partial charge in [-0.1, -0.05) is 41.4 Å². The number of hydrogen-bond donors (Lipinski definition) is 3. The molecule has 0 saturated carbocycles. The number of benzene rings is 2. The Balaban J connectivity index is 1.74. The van der Waals surface area contributed by atoms with Crippen LogP contribution in [0.2, 0.25) is 10.0 Å². The summed E-state index contributed by atoms with van der Waals surface area (Å²) < 4.78 is 0. The maximum absolute atomic E-state index is 13.1. The van der Waals surface area contributed by atoms with Gasteiger partial charge in [0.2, 0.25) is 5.91 Å². The van der Waals surface area contributed by atoms with Gasteiger partial charge >= 0.3 is 0 Å². The molecule has 1 heterocycles. The van der Waals surface area contributed by atoms with E-state index in [1.54, 1.807) is 43.3 Å². The summed E-state index contributed by atoms with van der Waals surface area (Å²) >= 11 is 12.0. The van der Waals surface area contributed by atoms with Crippen molar-refractivity contribution in [2.45, 2.75) is 44.5 Å².